The summed E-state index contributed by atoms with van der Waals surface area (Å²) < 4.78 is 11.2. The van der Waals surface area contributed by atoms with Gasteiger partial charge in [0, 0.05) is 6.42 Å². The number of hydrogen-bond donors (Lipinski definition) is 1. The van der Waals surface area contributed by atoms with Crippen LogP contribution >= 0.6 is 0 Å². The monoisotopic (exact) mass is 221 g/mol. The average Bonchev–Trinajstić information content (AvgIpc) is 2.35. The maximum Gasteiger partial charge on any atom is 0.219 e. The average molecular weight is 221 g/mol. The first-order chi connectivity index (χ1) is 7.79. The molecule has 1 aliphatic heterocycles. The summed E-state index contributed by atoms with van der Waals surface area (Å²) in [6.07, 6.45) is 0.384. The van der Waals surface area contributed by atoms with Crippen molar-refractivity contribution < 1.29 is 14.3 Å². The van der Waals surface area contributed by atoms with Crippen LogP contribution in [0.1, 0.15) is 13.3 Å². The van der Waals surface area contributed by atoms with Gasteiger partial charge in [-0.15, -0.1) is 0 Å². The molecule has 0 aliphatic carbocycles. The Bertz CT molecular complexity index is 378. The van der Waals surface area contributed by atoms with Crippen molar-refractivity contribution in [3.63, 3.8) is 0 Å². The van der Waals surface area contributed by atoms with Gasteiger partial charge in [-0.05, 0) is 12.1 Å². The lowest BCUT2D eigenvalue weighted by atomic mass is 10.2. The SMILES string of the molecule is CCC(=O)NC[C@@H]1COc2ccccc2O1. The van der Waals surface area contributed by atoms with Crippen molar-refractivity contribution in [3.05, 3.63) is 24.3 Å². The van der Waals surface area contributed by atoms with Crippen molar-refractivity contribution in [3.8, 4) is 11.5 Å². The second-order valence-electron chi connectivity index (χ2n) is 3.66. The van der Waals surface area contributed by atoms with E-state index in [9.17, 15) is 4.79 Å². The lowest BCUT2D eigenvalue weighted by Gasteiger charge is -2.26. The minimum atomic E-state index is -0.106. The zero-order valence-corrected chi connectivity index (χ0v) is 9.23. The highest BCUT2D eigenvalue weighted by atomic mass is 16.6. The molecule has 1 aliphatic rings. The van der Waals surface area contributed by atoms with E-state index < -0.39 is 0 Å². The zero-order chi connectivity index (χ0) is 11.4. The first kappa shape index (κ1) is 10.8. The van der Waals surface area contributed by atoms with E-state index >= 15 is 0 Å². The fourth-order valence-corrected chi connectivity index (χ4v) is 1.52. The van der Waals surface area contributed by atoms with Crippen LogP contribution in [-0.4, -0.2) is 25.2 Å². The third-order valence-electron chi connectivity index (χ3n) is 2.42. The third kappa shape index (κ3) is 2.45. The topological polar surface area (TPSA) is 47.6 Å². The van der Waals surface area contributed by atoms with Gasteiger partial charge in [0.15, 0.2) is 11.5 Å². The van der Waals surface area contributed by atoms with Crippen LogP contribution in [0.4, 0.5) is 0 Å². The Morgan fingerprint density at radius 1 is 1.44 bits per heavy atom. The van der Waals surface area contributed by atoms with Gasteiger partial charge in [-0.1, -0.05) is 19.1 Å². The normalized spacial score (nSPS) is 17.9. The van der Waals surface area contributed by atoms with Gasteiger partial charge in [0.1, 0.15) is 12.7 Å². The number of benzene rings is 1. The maximum absolute atomic E-state index is 11.1. The molecule has 0 saturated heterocycles. The lowest BCUT2D eigenvalue weighted by Crippen LogP contribution is -2.40. The Hall–Kier alpha value is -1.71. The van der Waals surface area contributed by atoms with E-state index in [-0.39, 0.29) is 12.0 Å². The Morgan fingerprint density at radius 3 is 2.94 bits per heavy atom. The van der Waals surface area contributed by atoms with Gasteiger partial charge in [0.2, 0.25) is 5.91 Å². The molecule has 1 N–H and O–H groups in total. The van der Waals surface area contributed by atoms with Crippen LogP contribution in [0.3, 0.4) is 0 Å². The van der Waals surface area contributed by atoms with Crippen LogP contribution in [0.25, 0.3) is 0 Å². The van der Waals surface area contributed by atoms with Crippen LogP contribution in [0, 0.1) is 0 Å². The summed E-state index contributed by atoms with van der Waals surface area (Å²) in [6, 6.07) is 7.54. The van der Waals surface area contributed by atoms with Crippen molar-refractivity contribution in [1.82, 2.24) is 5.32 Å². The number of amides is 1. The molecule has 0 fully saturated rings. The van der Waals surface area contributed by atoms with Gasteiger partial charge < -0.3 is 14.8 Å². The number of fused-ring (bicyclic) bond motifs is 1. The highest BCUT2D eigenvalue weighted by molar-refractivity contribution is 5.75. The van der Waals surface area contributed by atoms with Gasteiger partial charge in [-0.2, -0.15) is 0 Å². The van der Waals surface area contributed by atoms with E-state index in [1.54, 1.807) is 0 Å². The summed E-state index contributed by atoms with van der Waals surface area (Å²) >= 11 is 0. The van der Waals surface area contributed by atoms with Crippen LogP contribution in [0.15, 0.2) is 24.3 Å². The van der Waals surface area contributed by atoms with Crippen molar-refractivity contribution in [1.29, 1.82) is 0 Å². The number of hydrogen-bond acceptors (Lipinski definition) is 3. The summed E-state index contributed by atoms with van der Waals surface area (Å²) in [5.41, 5.74) is 0. The smallest absolute Gasteiger partial charge is 0.219 e. The van der Waals surface area contributed by atoms with Gasteiger partial charge in [0.25, 0.3) is 0 Å². The first-order valence-electron chi connectivity index (χ1n) is 5.44. The molecule has 4 nitrogen and oxygen atoms in total. The number of para-hydroxylation sites is 2. The molecule has 2 rings (SSSR count). The molecular formula is C12H15NO3. The van der Waals surface area contributed by atoms with Crippen molar-refractivity contribution in [2.24, 2.45) is 0 Å². The lowest BCUT2D eigenvalue weighted by molar-refractivity contribution is -0.121. The number of rotatable bonds is 3. The van der Waals surface area contributed by atoms with Gasteiger partial charge in [-0.3, -0.25) is 4.79 Å². The molecule has 0 bridgehead atoms. The Balaban J connectivity index is 1.90. The minimum absolute atomic E-state index is 0.0301. The molecule has 16 heavy (non-hydrogen) atoms. The molecule has 1 aromatic rings. The third-order valence-corrected chi connectivity index (χ3v) is 2.42. The largest absolute Gasteiger partial charge is 0.486 e. The molecule has 0 radical (unpaired) electrons. The van der Waals surface area contributed by atoms with Crippen molar-refractivity contribution in [2.45, 2.75) is 19.4 Å². The van der Waals surface area contributed by atoms with E-state index in [2.05, 4.69) is 5.32 Å². The Kier molecular flexibility index (Phi) is 3.29. The highest BCUT2D eigenvalue weighted by Crippen LogP contribution is 2.30. The van der Waals surface area contributed by atoms with E-state index in [1.807, 2.05) is 31.2 Å². The summed E-state index contributed by atoms with van der Waals surface area (Å²) in [7, 11) is 0. The van der Waals surface area contributed by atoms with Crippen LogP contribution in [-0.2, 0) is 4.79 Å². The van der Waals surface area contributed by atoms with Gasteiger partial charge in [-0.25, -0.2) is 0 Å². The van der Waals surface area contributed by atoms with Crippen LogP contribution < -0.4 is 14.8 Å². The van der Waals surface area contributed by atoms with Crippen molar-refractivity contribution in [2.75, 3.05) is 13.2 Å². The van der Waals surface area contributed by atoms with E-state index in [1.165, 1.54) is 0 Å². The molecular weight excluding hydrogens is 206 g/mol. The number of carbonyl (C=O) groups excluding carboxylic acids is 1. The summed E-state index contributed by atoms with van der Waals surface area (Å²) in [5, 5.41) is 2.79. The first-order valence-corrected chi connectivity index (χ1v) is 5.44. The molecule has 86 valence electrons. The number of ether oxygens (including phenoxy) is 2. The summed E-state index contributed by atoms with van der Waals surface area (Å²) in [4.78, 5) is 11.1. The standard InChI is InChI=1S/C12H15NO3/c1-2-12(14)13-7-9-8-15-10-5-3-4-6-11(10)16-9/h3-6,9H,2,7-8H2,1H3,(H,13,14)/t9-/m1/s1. The zero-order valence-electron chi connectivity index (χ0n) is 9.23. The molecule has 0 unspecified atom stereocenters. The second-order valence-corrected chi connectivity index (χ2v) is 3.66. The summed E-state index contributed by atoms with van der Waals surface area (Å²) in [6.45, 7) is 2.78. The van der Waals surface area contributed by atoms with Crippen LogP contribution in [0.2, 0.25) is 0 Å². The van der Waals surface area contributed by atoms with Crippen LogP contribution in [0.5, 0.6) is 11.5 Å². The molecule has 1 amide bonds. The second kappa shape index (κ2) is 4.88. The van der Waals surface area contributed by atoms with Gasteiger partial charge >= 0.3 is 0 Å². The molecule has 0 saturated carbocycles. The molecule has 4 heteroatoms. The maximum atomic E-state index is 11.1. The van der Waals surface area contributed by atoms with E-state index in [4.69, 9.17) is 9.47 Å². The quantitative estimate of drug-likeness (QED) is 0.838. The highest BCUT2D eigenvalue weighted by Gasteiger charge is 2.20. The number of nitrogens with one attached hydrogen (secondary N) is 1. The fraction of sp³-hybridized carbons (Fsp3) is 0.417. The Morgan fingerprint density at radius 2 is 2.19 bits per heavy atom. The number of carbonyl (C=O) groups is 1. The molecule has 0 aromatic heterocycles. The molecule has 1 aromatic carbocycles. The Labute approximate surface area is 94.6 Å². The van der Waals surface area contributed by atoms with Crippen molar-refractivity contribution >= 4 is 5.91 Å². The summed E-state index contributed by atoms with van der Waals surface area (Å²) in [5.74, 6) is 1.53. The molecule has 0 spiro atoms. The predicted molar refractivity (Wildman–Crippen MR) is 59.7 cm³/mol. The van der Waals surface area contributed by atoms with E-state index in [0.717, 1.165) is 11.5 Å². The van der Waals surface area contributed by atoms with E-state index in [0.29, 0.717) is 19.6 Å². The fourth-order valence-electron chi connectivity index (χ4n) is 1.52. The predicted octanol–water partition coefficient (Wildman–Crippen LogP) is 1.35. The molecule has 1 heterocycles. The van der Waals surface area contributed by atoms with Gasteiger partial charge in [0.05, 0.1) is 6.54 Å². The minimum Gasteiger partial charge on any atom is -0.486 e. The molecule has 1 atom stereocenters.